The molecule has 0 aromatic heterocycles. The van der Waals surface area contributed by atoms with E-state index >= 15 is 0 Å². The summed E-state index contributed by atoms with van der Waals surface area (Å²) in [5, 5.41) is 0. The third-order valence-electron chi connectivity index (χ3n) is 3.22. The van der Waals surface area contributed by atoms with Gasteiger partial charge in [-0.3, -0.25) is 0 Å². The molecule has 1 aromatic carbocycles. The first-order chi connectivity index (χ1) is 10.8. The molecule has 23 heavy (non-hydrogen) atoms. The molecule has 2 rings (SSSR count). The molecule has 2 amide bonds. The molecule has 1 heterocycles. The summed E-state index contributed by atoms with van der Waals surface area (Å²) < 4.78 is 6.52. The van der Waals surface area contributed by atoms with Crippen molar-refractivity contribution in [3.8, 4) is 0 Å². The molecule has 1 aliphatic heterocycles. The fourth-order valence-corrected chi connectivity index (χ4v) is 4.74. The number of hydrogen-bond acceptors (Lipinski definition) is 3. The van der Waals surface area contributed by atoms with Crippen molar-refractivity contribution in [2.75, 3.05) is 0 Å². The summed E-state index contributed by atoms with van der Waals surface area (Å²) in [6.45, 7) is 8.92. The fraction of sp³-hybridized carbons (Fsp3) is 0.389. The van der Waals surface area contributed by atoms with Gasteiger partial charge in [-0.05, 0) is 0 Å². The molecule has 0 radical (unpaired) electrons. The quantitative estimate of drug-likeness (QED) is 0.600. The Labute approximate surface area is 143 Å². The topological polar surface area (TPSA) is 46.6 Å². The number of nitrogens with zero attached hydrogens (tertiary/aromatic N) is 1. The van der Waals surface area contributed by atoms with Crippen molar-refractivity contribution in [3.05, 3.63) is 48.7 Å². The van der Waals surface area contributed by atoms with Crippen molar-refractivity contribution in [1.82, 2.24) is 4.90 Å². The van der Waals surface area contributed by atoms with E-state index in [-0.39, 0.29) is 31.7 Å². The zero-order valence-electron chi connectivity index (χ0n) is 13.6. The van der Waals surface area contributed by atoms with Crippen LogP contribution in [0.2, 0.25) is 4.82 Å². The molecule has 122 valence electrons. The van der Waals surface area contributed by atoms with E-state index in [0.29, 0.717) is 6.42 Å². The molecule has 1 aromatic rings. The van der Waals surface area contributed by atoms with Gasteiger partial charge < -0.3 is 0 Å². The fourth-order valence-electron chi connectivity index (χ4n) is 2.32. The molecule has 1 aliphatic rings. The molecule has 0 spiro atoms. The standard InChI is InChI=1S/C18H21NO3Se/c1-5-9-13-12-15(23-14-10-7-6-8-11-14)16(20)19(13)17(21)22-18(2,3)4/h6-11,13,15H,1,12H2,2-4H3. The minimum absolute atomic E-state index is 0.0254. The number of ether oxygens (including phenoxy) is 1. The average molecular weight is 378 g/mol. The van der Waals surface area contributed by atoms with Crippen molar-refractivity contribution < 1.29 is 14.3 Å². The van der Waals surface area contributed by atoms with Crippen LogP contribution in [0.5, 0.6) is 0 Å². The van der Waals surface area contributed by atoms with Crippen LogP contribution < -0.4 is 4.46 Å². The van der Waals surface area contributed by atoms with Crippen molar-refractivity contribution >= 4 is 31.4 Å². The predicted molar refractivity (Wildman–Crippen MR) is 90.8 cm³/mol. The van der Waals surface area contributed by atoms with Crippen molar-refractivity contribution in [2.45, 2.75) is 43.7 Å². The molecule has 2 unspecified atom stereocenters. The molecule has 2 atom stereocenters. The van der Waals surface area contributed by atoms with Crippen LogP contribution in [0.25, 0.3) is 0 Å². The number of amides is 2. The Hall–Kier alpha value is -1.80. The molecular formula is C18H21NO3Se. The summed E-state index contributed by atoms with van der Waals surface area (Å²) >= 11 is -0.0254. The van der Waals surface area contributed by atoms with E-state index in [1.807, 2.05) is 30.3 Å². The molecule has 0 saturated carbocycles. The maximum absolute atomic E-state index is 12.7. The second kappa shape index (κ2) is 7.18. The van der Waals surface area contributed by atoms with E-state index in [0.717, 1.165) is 4.46 Å². The predicted octanol–water partition coefficient (Wildman–Crippen LogP) is 2.68. The first-order valence-corrected chi connectivity index (χ1v) is 9.30. The third kappa shape index (κ3) is 4.59. The van der Waals surface area contributed by atoms with Crippen LogP contribution in [0.3, 0.4) is 0 Å². The van der Waals surface area contributed by atoms with Gasteiger partial charge in [-0.15, -0.1) is 0 Å². The number of carbonyl (C=O) groups excluding carboxylic acids is 2. The summed E-state index contributed by atoms with van der Waals surface area (Å²) in [6.07, 6.45) is 1.67. The monoisotopic (exact) mass is 379 g/mol. The van der Waals surface area contributed by atoms with E-state index < -0.39 is 11.7 Å². The van der Waals surface area contributed by atoms with Crippen LogP contribution in [0, 0.1) is 0 Å². The first kappa shape index (κ1) is 17.6. The van der Waals surface area contributed by atoms with Gasteiger partial charge in [0.1, 0.15) is 0 Å². The molecule has 1 saturated heterocycles. The van der Waals surface area contributed by atoms with Crippen LogP contribution in [-0.2, 0) is 9.53 Å². The maximum atomic E-state index is 12.7. The van der Waals surface area contributed by atoms with Gasteiger partial charge in [-0.25, -0.2) is 0 Å². The number of likely N-dealkylation sites (tertiary alicyclic amines) is 1. The van der Waals surface area contributed by atoms with Crippen molar-refractivity contribution in [3.63, 3.8) is 0 Å². The Morgan fingerprint density at radius 2 is 2.04 bits per heavy atom. The van der Waals surface area contributed by atoms with Gasteiger partial charge in [0.2, 0.25) is 0 Å². The second-order valence-electron chi connectivity index (χ2n) is 6.28. The Morgan fingerprint density at radius 3 is 2.61 bits per heavy atom. The van der Waals surface area contributed by atoms with E-state index in [4.69, 9.17) is 4.74 Å². The zero-order valence-corrected chi connectivity index (χ0v) is 15.3. The average Bonchev–Trinajstić information content (AvgIpc) is 2.75. The number of carbonyl (C=O) groups is 2. The minimum atomic E-state index is -0.636. The van der Waals surface area contributed by atoms with Gasteiger partial charge in [0.05, 0.1) is 0 Å². The van der Waals surface area contributed by atoms with Crippen LogP contribution in [-0.4, -0.2) is 43.5 Å². The van der Waals surface area contributed by atoms with Gasteiger partial charge in [0.15, 0.2) is 0 Å². The van der Waals surface area contributed by atoms with Crippen molar-refractivity contribution in [1.29, 1.82) is 0 Å². The number of hydrogen-bond donors (Lipinski definition) is 0. The summed E-state index contributed by atoms with van der Waals surface area (Å²) in [5.41, 5.74) is 2.06. The van der Waals surface area contributed by atoms with E-state index in [2.05, 4.69) is 12.3 Å². The Kier molecular flexibility index (Phi) is 5.48. The molecule has 0 N–H and O–H groups in total. The second-order valence-corrected chi connectivity index (χ2v) is 8.96. The normalized spacial score (nSPS) is 21.0. The molecule has 0 bridgehead atoms. The Balaban J connectivity index is 2.18. The molecule has 0 aliphatic carbocycles. The van der Waals surface area contributed by atoms with Gasteiger partial charge in [-0.2, -0.15) is 0 Å². The van der Waals surface area contributed by atoms with Gasteiger partial charge in [0, 0.05) is 0 Å². The molecule has 5 heteroatoms. The van der Waals surface area contributed by atoms with E-state index in [9.17, 15) is 9.59 Å². The van der Waals surface area contributed by atoms with Gasteiger partial charge in [-0.1, -0.05) is 0 Å². The van der Waals surface area contributed by atoms with Crippen LogP contribution in [0.1, 0.15) is 27.2 Å². The van der Waals surface area contributed by atoms with Gasteiger partial charge >= 0.3 is 143 Å². The van der Waals surface area contributed by atoms with Crippen LogP contribution in [0.4, 0.5) is 4.79 Å². The summed E-state index contributed by atoms with van der Waals surface area (Å²) in [7, 11) is 0. The van der Waals surface area contributed by atoms with Crippen LogP contribution in [0.15, 0.2) is 48.7 Å². The molecule has 1 fully saturated rings. The van der Waals surface area contributed by atoms with Gasteiger partial charge in [0.25, 0.3) is 0 Å². The Morgan fingerprint density at radius 1 is 1.39 bits per heavy atom. The van der Waals surface area contributed by atoms with E-state index in [1.165, 1.54) is 4.90 Å². The van der Waals surface area contributed by atoms with E-state index in [1.54, 1.807) is 26.8 Å². The number of imide groups is 1. The zero-order chi connectivity index (χ0) is 17.0. The Bertz CT molecular complexity index is 629. The SMILES string of the molecule is C=C=CC1CC([Se]c2ccccc2)C(=O)N1C(=O)OC(C)(C)C. The molecular weight excluding hydrogens is 357 g/mol. The first-order valence-electron chi connectivity index (χ1n) is 7.45. The summed E-state index contributed by atoms with van der Waals surface area (Å²) in [4.78, 5) is 26.1. The number of rotatable bonds is 3. The van der Waals surface area contributed by atoms with Crippen LogP contribution >= 0.6 is 0 Å². The third-order valence-corrected chi connectivity index (χ3v) is 5.79. The van der Waals surface area contributed by atoms with Crippen molar-refractivity contribution in [2.24, 2.45) is 0 Å². The molecule has 4 nitrogen and oxygen atoms in total. The summed E-state index contributed by atoms with van der Waals surface area (Å²) in [5.74, 6) is -0.167. The number of benzene rings is 1. The summed E-state index contributed by atoms with van der Waals surface area (Å²) in [6, 6.07) is 9.58.